The molecular weight excluding hydrogens is 184 g/mol. The summed E-state index contributed by atoms with van der Waals surface area (Å²) < 4.78 is 0. The van der Waals surface area contributed by atoms with Crippen molar-refractivity contribution in [2.75, 3.05) is 0 Å². The first-order chi connectivity index (χ1) is 7.18. The van der Waals surface area contributed by atoms with Gasteiger partial charge in [0.15, 0.2) is 0 Å². The molecule has 0 saturated heterocycles. The Hall–Kier alpha value is -1.76. The number of rotatable bonds is 1. The molecule has 1 heteroatoms. The lowest BCUT2D eigenvalue weighted by Crippen LogP contribution is -1.85. The Morgan fingerprint density at radius 2 is 1.53 bits per heavy atom. The van der Waals surface area contributed by atoms with Crippen molar-refractivity contribution in [2.45, 2.75) is 13.8 Å². The minimum atomic E-state index is 0.368. The SMILES string of the molecule is Cc1cc(-c2ccccc2)c(C)cc1O. The lowest BCUT2D eigenvalue weighted by atomic mass is 9.98. The van der Waals surface area contributed by atoms with E-state index in [4.69, 9.17) is 0 Å². The number of phenolic OH excluding ortho intramolecular Hbond substituents is 1. The quantitative estimate of drug-likeness (QED) is 0.741. The van der Waals surface area contributed by atoms with Gasteiger partial charge in [-0.2, -0.15) is 0 Å². The molecule has 15 heavy (non-hydrogen) atoms. The van der Waals surface area contributed by atoms with Crippen molar-refractivity contribution in [1.82, 2.24) is 0 Å². The number of benzene rings is 2. The Bertz CT molecular complexity index is 472. The first-order valence-electron chi connectivity index (χ1n) is 5.04. The molecule has 0 aliphatic heterocycles. The van der Waals surface area contributed by atoms with Crippen LogP contribution in [0.15, 0.2) is 42.5 Å². The second kappa shape index (κ2) is 3.77. The zero-order valence-electron chi connectivity index (χ0n) is 8.99. The molecule has 2 aromatic rings. The molecule has 0 atom stereocenters. The van der Waals surface area contributed by atoms with E-state index in [1.807, 2.05) is 44.2 Å². The van der Waals surface area contributed by atoms with E-state index in [9.17, 15) is 5.11 Å². The van der Waals surface area contributed by atoms with Crippen molar-refractivity contribution in [3.05, 3.63) is 53.6 Å². The van der Waals surface area contributed by atoms with Crippen LogP contribution in [0.1, 0.15) is 11.1 Å². The normalized spacial score (nSPS) is 10.3. The zero-order valence-corrected chi connectivity index (χ0v) is 8.99. The fourth-order valence-electron chi connectivity index (χ4n) is 1.73. The average Bonchev–Trinajstić information content (AvgIpc) is 2.25. The van der Waals surface area contributed by atoms with Crippen molar-refractivity contribution in [2.24, 2.45) is 0 Å². The molecule has 0 saturated carbocycles. The van der Waals surface area contributed by atoms with Crippen LogP contribution in [0.2, 0.25) is 0 Å². The summed E-state index contributed by atoms with van der Waals surface area (Å²) >= 11 is 0. The van der Waals surface area contributed by atoms with Gasteiger partial charge in [-0.3, -0.25) is 0 Å². The summed E-state index contributed by atoms with van der Waals surface area (Å²) in [5.74, 6) is 0.368. The highest BCUT2D eigenvalue weighted by molar-refractivity contribution is 5.69. The Morgan fingerprint density at radius 3 is 2.20 bits per heavy atom. The van der Waals surface area contributed by atoms with Crippen LogP contribution in [0.5, 0.6) is 5.75 Å². The molecule has 0 spiro atoms. The predicted molar refractivity (Wildman–Crippen MR) is 63.0 cm³/mol. The molecule has 2 aromatic carbocycles. The zero-order chi connectivity index (χ0) is 10.8. The van der Waals surface area contributed by atoms with E-state index in [1.54, 1.807) is 0 Å². The molecule has 0 aliphatic rings. The highest BCUT2D eigenvalue weighted by Crippen LogP contribution is 2.28. The molecular formula is C14H14O. The molecule has 0 amide bonds. The molecule has 0 bridgehead atoms. The van der Waals surface area contributed by atoms with Gasteiger partial charge in [0.05, 0.1) is 0 Å². The van der Waals surface area contributed by atoms with E-state index in [1.165, 1.54) is 11.1 Å². The van der Waals surface area contributed by atoms with Gasteiger partial charge in [0.2, 0.25) is 0 Å². The first kappa shape index (κ1) is 9.78. The Balaban J connectivity index is 2.59. The third kappa shape index (κ3) is 1.86. The summed E-state index contributed by atoms with van der Waals surface area (Å²) in [7, 11) is 0. The number of phenols is 1. The van der Waals surface area contributed by atoms with E-state index in [0.29, 0.717) is 5.75 Å². The molecule has 0 aromatic heterocycles. The van der Waals surface area contributed by atoms with E-state index >= 15 is 0 Å². The second-order valence-corrected chi connectivity index (χ2v) is 3.82. The lowest BCUT2D eigenvalue weighted by Gasteiger charge is -2.08. The van der Waals surface area contributed by atoms with Crippen LogP contribution < -0.4 is 0 Å². The topological polar surface area (TPSA) is 20.2 Å². The molecule has 76 valence electrons. The summed E-state index contributed by atoms with van der Waals surface area (Å²) in [5, 5.41) is 9.57. The summed E-state index contributed by atoms with van der Waals surface area (Å²) in [4.78, 5) is 0. The van der Waals surface area contributed by atoms with Gasteiger partial charge in [0.25, 0.3) is 0 Å². The lowest BCUT2D eigenvalue weighted by molar-refractivity contribution is 0.471. The Morgan fingerprint density at radius 1 is 0.867 bits per heavy atom. The van der Waals surface area contributed by atoms with Crippen molar-refractivity contribution in [1.29, 1.82) is 0 Å². The maximum Gasteiger partial charge on any atom is 0.118 e. The molecule has 1 nitrogen and oxygen atoms in total. The Kier molecular flexibility index (Phi) is 2.46. The summed E-state index contributed by atoms with van der Waals surface area (Å²) in [6.07, 6.45) is 0. The monoisotopic (exact) mass is 198 g/mol. The second-order valence-electron chi connectivity index (χ2n) is 3.82. The van der Waals surface area contributed by atoms with Crippen LogP contribution in [0.25, 0.3) is 11.1 Å². The Labute approximate surface area is 90.0 Å². The van der Waals surface area contributed by atoms with Gasteiger partial charge in [-0.15, -0.1) is 0 Å². The van der Waals surface area contributed by atoms with Crippen LogP contribution in [-0.4, -0.2) is 5.11 Å². The largest absolute Gasteiger partial charge is 0.508 e. The maximum absolute atomic E-state index is 9.57. The van der Waals surface area contributed by atoms with Gasteiger partial charge in [0, 0.05) is 0 Å². The van der Waals surface area contributed by atoms with Crippen LogP contribution in [0.3, 0.4) is 0 Å². The van der Waals surface area contributed by atoms with E-state index < -0.39 is 0 Å². The van der Waals surface area contributed by atoms with Gasteiger partial charge in [0.1, 0.15) is 5.75 Å². The smallest absolute Gasteiger partial charge is 0.118 e. The number of aryl methyl sites for hydroxylation is 2. The number of aromatic hydroxyl groups is 1. The molecule has 0 unspecified atom stereocenters. The van der Waals surface area contributed by atoms with E-state index in [-0.39, 0.29) is 0 Å². The van der Waals surface area contributed by atoms with Gasteiger partial charge in [-0.25, -0.2) is 0 Å². The summed E-state index contributed by atoms with van der Waals surface area (Å²) in [6, 6.07) is 14.1. The highest BCUT2D eigenvalue weighted by Gasteiger charge is 2.04. The average molecular weight is 198 g/mol. The fourth-order valence-corrected chi connectivity index (χ4v) is 1.73. The fraction of sp³-hybridized carbons (Fsp3) is 0.143. The molecule has 0 aliphatic carbocycles. The van der Waals surface area contributed by atoms with E-state index in [0.717, 1.165) is 11.1 Å². The van der Waals surface area contributed by atoms with Crippen molar-refractivity contribution >= 4 is 0 Å². The van der Waals surface area contributed by atoms with Crippen LogP contribution in [0.4, 0.5) is 0 Å². The maximum atomic E-state index is 9.57. The van der Waals surface area contributed by atoms with Gasteiger partial charge in [-0.05, 0) is 48.2 Å². The predicted octanol–water partition coefficient (Wildman–Crippen LogP) is 3.68. The highest BCUT2D eigenvalue weighted by atomic mass is 16.3. The van der Waals surface area contributed by atoms with Crippen LogP contribution >= 0.6 is 0 Å². The summed E-state index contributed by atoms with van der Waals surface area (Å²) in [5.41, 5.74) is 4.40. The number of hydrogen-bond donors (Lipinski definition) is 1. The van der Waals surface area contributed by atoms with Crippen LogP contribution in [-0.2, 0) is 0 Å². The molecule has 2 rings (SSSR count). The summed E-state index contributed by atoms with van der Waals surface area (Å²) in [6.45, 7) is 3.93. The van der Waals surface area contributed by atoms with Gasteiger partial charge < -0.3 is 5.11 Å². The van der Waals surface area contributed by atoms with Crippen molar-refractivity contribution < 1.29 is 5.11 Å². The van der Waals surface area contributed by atoms with Crippen molar-refractivity contribution in [3.63, 3.8) is 0 Å². The standard InChI is InChI=1S/C14H14O/c1-10-9-14(15)11(2)8-13(10)12-6-4-3-5-7-12/h3-9,15H,1-2H3. The molecule has 1 N–H and O–H groups in total. The van der Waals surface area contributed by atoms with Crippen LogP contribution in [0, 0.1) is 13.8 Å². The first-order valence-corrected chi connectivity index (χ1v) is 5.04. The number of hydrogen-bond acceptors (Lipinski definition) is 1. The van der Waals surface area contributed by atoms with Gasteiger partial charge in [-0.1, -0.05) is 30.3 Å². The molecule has 0 radical (unpaired) electrons. The molecule has 0 heterocycles. The minimum Gasteiger partial charge on any atom is -0.508 e. The van der Waals surface area contributed by atoms with E-state index in [2.05, 4.69) is 12.1 Å². The minimum absolute atomic E-state index is 0.368. The van der Waals surface area contributed by atoms with Gasteiger partial charge >= 0.3 is 0 Å². The van der Waals surface area contributed by atoms with Crippen molar-refractivity contribution in [3.8, 4) is 16.9 Å². The third-order valence-corrected chi connectivity index (χ3v) is 2.63. The third-order valence-electron chi connectivity index (χ3n) is 2.63. The molecule has 0 fully saturated rings.